The maximum Gasteiger partial charge on any atom is 0.412 e. The number of hydrogen-bond donors (Lipinski definition) is 3. The molecule has 3 N–H and O–H groups in total. The molecule has 126 valence electrons. The van der Waals surface area contributed by atoms with Crippen LogP contribution in [0.5, 0.6) is 5.75 Å². The molecule has 1 aromatic carbocycles. The maximum atomic E-state index is 11.5. The summed E-state index contributed by atoms with van der Waals surface area (Å²) in [5.74, 6) is 0.202. The molecule has 0 atom stereocenters. The van der Waals surface area contributed by atoms with Gasteiger partial charge in [0.15, 0.2) is 0 Å². The highest BCUT2D eigenvalue weighted by Crippen LogP contribution is 2.16. The van der Waals surface area contributed by atoms with Gasteiger partial charge in [0.25, 0.3) is 4.92 Å². The number of alkyl carbamates (subject to hydrolysis) is 1. The fraction of sp³-hybridized carbons (Fsp3) is 0.429. The Bertz CT molecular complexity index is 565. The Morgan fingerprint density at radius 3 is 2.09 bits per heavy atom. The Balaban J connectivity index is 2.27. The molecule has 9 heteroatoms. The second-order valence-corrected chi connectivity index (χ2v) is 5.51. The molecular formula is C14H20N3O6+. The first kappa shape index (κ1) is 18.2. The quantitative estimate of drug-likeness (QED) is 0.563. The molecule has 0 aromatic heterocycles. The van der Waals surface area contributed by atoms with E-state index in [1.807, 2.05) is 0 Å². The zero-order valence-corrected chi connectivity index (χ0v) is 13.2. The summed E-state index contributed by atoms with van der Waals surface area (Å²) >= 11 is 0. The van der Waals surface area contributed by atoms with Crippen molar-refractivity contribution in [3.05, 3.63) is 29.2 Å². The van der Waals surface area contributed by atoms with E-state index in [1.54, 1.807) is 20.8 Å². The number of nitrogens with zero attached hydrogens (tertiary/aromatic N) is 1. The molecule has 0 unspecified atom stereocenters. The molecule has 0 heterocycles. The van der Waals surface area contributed by atoms with E-state index < -0.39 is 17.8 Å². The van der Waals surface area contributed by atoms with Crippen LogP contribution in [0.3, 0.4) is 0 Å². The monoisotopic (exact) mass is 326 g/mol. The number of ether oxygens (including phenoxy) is 2. The number of nitrogens with one attached hydrogen (secondary N) is 2. The van der Waals surface area contributed by atoms with E-state index in [0.717, 1.165) is 0 Å². The molecular weight excluding hydrogens is 306 g/mol. The van der Waals surface area contributed by atoms with Crippen molar-refractivity contribution in [3.8, 4) is 5.75 Å². The molecule has 1 rings (SSSR count). The third kappa shape index (κ3) is 7.65. The van der Waals surface area contributed by atoms with Gasteiger partial charge in [0.1, 0.15) is 11.4 Å². The highest BCUT2D eigenvalue weighted by Gasteiger charge is 2.15. The topological polar surface area (TPSA) is 117 Å². The molecule has 0 radical (unpaired) electrons. The number of carbonyl (C=O) groups is 2. The lowest BCUT2D eigenvalue weighted by molar-refractivity contribution is -0.729. The van der Waals surface area contributed by atoms with Crippen molar-refractivity contribution in [2.75, 3.05) is 13.1 Å². The Morgan fingerprint density at radius 1 is 1.09 bits per heavy atom. The minimum absolute atomic E-state index is 0.0133. The van der Waals surface area contributed by atoms with Gasteiger partial charge in [-0.3, -0.25) is 0 Å². The average molecular weight is 326 g/mol. The van der Waals surface area contributed by atoms with Gasteiger partial charge in [0, 0.05) is 25.2 Å². The van der Waals surface area contributed by atoms with Crippen LogP contribution in [0.4, 0.5) is 15.3 Å². The van der Waals surface area contributed by atoms with Crippen molar-refractivity contribution in [3.63, 3.8) is 0 Å². The first-order chi connectivity index (χ1) is 10.7. The van der Waals surface area contributed by atoms with Crippen LogP contribution >= 0.6 is 0 Å². The van der Waals surface area contributed by atoms with Crippen LogP contribution in [-0.2, 0) is 4.74 Å². The van der Waals surface area contributed by atoms with E-state index in [4.69, 9.17) is 14.7 Å². The maximum absolute atomic E-state index is 11.5. The lowest BCUT2D eigenvalue weighted by Gasteiger charge is -2.19. The van der Waals surface area contributed by atoms with E-state index in [-0.39, 0.29) is 29.4 Å². The number of carbonyl (C=O) groups excluding carboxylic acids is 2. The second-order valence-electron chi connectivity index (χ2n) is 5.51. The zero-order chi connectivity index (χ0) is 17.5. The Labute approximate surface area is 133 Å². The lowest BCUT2D eigenvalue weighted by Crippen LogP contribution is -2.38. The molecule has 0 aliphatic heterocycles. The van der Waals surface area contributed by atoms with Crippen LogP contribution < -0.4 is 15.4 Å². The third-order valence-corrected chi connectivity index (χ3v) is 2.33. The molecule has 0 spiro atoms. The van der Waals surface area contributed by atoms with Gasteiger partial charge in [0.2, 0.25) is 0 Å². The van der Waals surface area contributed by atoms with E-state index in [9.17, 15) is 14.5 Å². The van der Waals surface area contributed by atoms with Crippen LogP contribution in [0.1, 0.15) is 20.8 Å². The van der Waals surface area contributed by atoms with Crippen LogP contribution in [0.2, 0.25) is 0 Å². The molecule has 1 aromatic rings. The highest BCUT2D eigenvalue weighted by atomic mass is 16.6. The van der Waals surface area contributed by atoms with Gasteiger partial charge >= 0.3 is 17.9 Å². The van der Waals surface area contributed by atoms with Crippen molar-refractivity contribution in [2.45, 2.75) is 26.4 Å². The summed E-state index contributed by atoms with van der Waals surface area (Å²) in [6.45, 7) is 5.57. The fourth-order valence-electron chi connectivity index (χ4n) is 1.43. The summed E-state index contributed by atoms with van der Waals surface area (Å²) in [5, 5.41) is 13.6. The van der Waals surface area contributed by atoms with Crippen molar-refractivity contribution < 1.29 is 29.2 Å². The standard InChI is InChI=1S/C14H19N3O6/c1-14(2,3)23-13(19)16-9-8-15-12(18)22-11-6-4-10(5-7-11)17(20)21/h4-7H,8-9H2,1-3H3,(H2-,15,16,18,19,20,21)/p+1. The van der Waals surface area contributed by atoms with E-state index in [1.165, 1.54) is 24.3 Å². The first-order valence-electron chi connectivity index (χ1n) is 6.86. The molecule has 0 aliphatic carbocycles. The summed E-state index contributed by atoms with van der Waals surface area (Å²) in [7, 11) is 0. The molecule has 9 nitrogen and oxygen atoms in total. The third-order valence-electron chi connectivity index (χ3n) is 2.33. The number of rotatable bonds is 5. The molecule has 0 saturated carbocycles. The highest BCUT2D eigenvalue weighted by molar-refractivity contribution is 5.70. The molecule has 23 heavy (non-hydrogen) atoms. The SMILES string of the molecule is CC(C)(C)OC(=O)NCCNC(=O)Oc1ccc([N+](=O)O)cc1. The number of hydrogen-bond acceptors (Lipinski definition) is 5. The summed E-state index contributed by atoms with van der Waals surface area (Å²) in [6.07, 6.45) is -1.29. The molecule has 0 fully saturated rings. The van der Waals surface area contributed by atoms with Crippen LogP contribution in [0.25, 0.3) is 0 Å². The van der Waals surface area contributed by atoms with Crippen molar-refractivity contribution in [2.24, 2.45) is 0 Å². The predicted octanol–water partition coefficient (Wildman–Crippen LogP) is 2.10. The van der Waals surface area contributed by atoms with E-state index >= 15 is 0 Å². The van der Waals surface area contributed by atoms with Crippen LogP contribution in [0.15, 0.2) is 24.3 Å². The van der Waals surface area contributed by atoms with Gasteiger partial charge in [0.05, 0.1) is 4.91 Å². The van der Waals surface area contributed by atoms with Gasteiger partial charge in [-0.1, -0.05) is 0 Å². The van der Waals surface area contributed by atoms with Gasteiger partial charge in [-0.25, -0.2) is 14.8 Å². The van der Waals surface area contributed by atoms with Crippen LogP contribution in [0, 0.1) is 4.91 Å². The fourth-order valence-corrected chi connectivity index (χ4v) is 1.43. The summed E-state index contributed by atoms with van der Waals surface area (Å²) in [6, 6.07) is 5.29. The summed E-state index contributed by atoms with van der Waals surface area (Å²) in [4.78, 5) is 33.2. The smallest absolute Gasteiger partial charge is 0.412 e. The molecule has 0 bridgehead atoms. The Morgan fingerprint density at radius 2 is 1.61 bits per heavy atom. The second kappa shape index (κ2) is 7.97. The van der Waals surface area contributed by atoms with Gasteiger partial charge < -0.3 is 20.1 Å². The normalized spacial score (nSPS) is 10.6. The minimum atomic E-state index is -0.716. The van der Waals surface area contributed by atoms with Crippen LogP contribution in [-0.4, -0.2) is 41.0 Å². The largest absolute Gasteiger partial charge is 0.444 e. The zero-order valence-electron chi connectivity index (χ0n) is 13.2. The minimum Gasteiger partial charge on any atom is -0.444 e. The lowest BCUT2D eigenvalue weighted by atomic mass is 10.2. The molecule has 2 amide bonds. The number of benzene rings is 1. The summed E-state index contributed by atoms with van der Waals surface area (Å²) < 4.78 is 9.97. The van der Waals surface area contributed by atoms with E-state index in [2.05, 4.69) is 10.6 Å². The number of amides is 2. The van der Waals surface area contributed by atoms with E-state index in [0.29, 0.717) is 0 Å². The van der Waals surface area contributed by atoms with Crippen molar-refractivity contribution >= 4 is 17.9 Å². The first-order valence-corrected chi connectivity index (χ1v) is 6.86. The van der Waals surface area contributed by atoms with Gasteiger partial charge in [-0.2, -0.15) is 0 Å². The Kier molecular flexibility index (Phi) is 6.31. The van der Waals surface area contributed by atoms with Gasteiger partial charge in [-0.05, 0) is 32.9 Å². The van der Waals surface area contributed by atoms with Gasteiger partial charge in [-0.15, -0.1) is 0 Å². The molecule has 0 aliphatic rings. The van der Waals surface area contributed by atoms with Crippen molar-refractivity contribution in [1.82, 2.24) is 10.6 Å². The predicted molar refractivity (Wildman–Crippen MR) is 79.8 cm³/mol. The Hall–Kier alpha value is -2.84. The summed E-state index contributed by atoms with van der Waals surface area (Å²) in [5.41, 5.74) is -0.573. The van der Waals surface area contributed by atoms with Crippen molar-refractivity contribution in [1.29, 1.82) is 0 Å². The average Bonchev–Trinajstić information content (AvgIpc) is 2.42. The molecule has 0 saturated heterocycles.